The minimum atomic E-state index is -0.161. The highest BCUT2D eigenvalue weighted by atomic mass is 35.5. The van der Waals surface area contributed by atoms with Gasteiger partial charge < -0.3 is 4.90 Å². The van der Waals surface area contributed by atoms with Crippen molar-refractivity contribution < 1.29 is 4.39 Å². The molecule has 0 atom stereocenters. The van der Waals surface area contributed by atoms with Crippen molar-refractivity contribution in [2.45, 2.75) is 29.4 Å². The number of likely N-dealkylation sites (tertiary alicyclic amines) is 1. The van der Waals surface area contributed by atoms with Crippen LogP contribution in [0, 0.1) is 5.82 Å². The Morgan fingerprint density at radius 3 is 2.43 bits per heavy atom. The molecular weight excluding hydrogens is 329 g/mol. The second-order valence-corrected chi connectivity index (χ2v) is 7.72. The van der Waals surface area contributed by atoms with Crippen LogP contribution in [-0.2, 0) is 6.42 Å². The fourth-order valence-corrected chi connectivity index (χ4v) is 4.32. The van der Waals surface area contributed by atoms with Gasteiger partial charge in [0.05, 0.1) is 5.02 Å². The Hall–Kier alpha value is -1.03. The zero-order chi connectivity index (χ0) is 16.1. The van der Waals surface area contributed by atoms with Crippen LogP contribution in [0.4, 0.5) is 4.39 Å². The van der Waals surface area contributed by atoms with Crippen molar-refractivity contribution in [1.82, 2.24) is 4.90 Å². The standard InChI is InChI=1S/C19H21ClFNS/c20-18-3-1-2-4-19(18)23-17-10-13-22(14-11-17)12-9-15-5-7-16(21)8-6-15/h1-8,17H,9-14H2. The van der Waals surface area contributed by atoms with Crippen molar-refractivity contribution in [3.05, 3.63) is 64.9 Å². The predicted molar refractivity (Wildman–Crippen MR) is 96.9 cm³/mol. The molecule has 1 nitrogen and oxygen atoms in total. The Morgan fingerprint density at radius 2 is 1.74 bits per heavy atom. The summed E-state index contributed by atoms with van der Waals surface area (Å²) in [6, 6.07) is 14.9. The molecule has 1 aliphatic rings. The number of nitrogens with zero attached hydrogens (tertiary/aromatic N) is 1. The van der Waals surface area contributed by atoms with Crippen LogP contribution >= 0.6 is 23.4 Å². The molecule has 0 spiro atoms. The summed E-state index contributed by atoms with van der Waals surface area (Å²) in [5.74, 6) is -0.161. The molecule has 1 saturated heterocycles. The summed E-state index contributed by atoms with van der Waals surface area (Å²) >= 11 is 8.15. The molecule has 0 saturated carbocycles. The summed E-state index contributed by atoms with van der Waals surface area (Å²) in [4.78, 5) is 3.70. The lowest BCUT2D eigenvalue weighted by molar-refractivity contribution is 0.235. The van der Waals surface area contributed by atoms with Gasteiger partial charge in [0.2, 0.25) is 0 Å². The van der Waals surface area contributed by atoms with E-state index in [9.17, 15) is 4.39 Å². The van der Waals surface area contributed by atoms with Gasteiger partial charge in [0, 0.05) is 16.7 Å². The van der Waals surface area contributed by atoms with E-state index in [0.717, 1.165) is 31.1 Å². The van der Waals surface area contributed by atoms with E-state index in [1.165, 1.54) is 23.3 Å². The van der Waals surface area contributed by atoms with Crippen molar-refractivity contribution >= 4 is 23.4 Å². The van der Waals surface area contributed by atoms with Crippen LogP contribution in [0.3, 0.4) is 0 Å². The third-order valence-corrected chi connectivity index (χ3v) is 6.15. The first-order chi connectivity index (χ1) is 11.2. The third-order valence-electron chi connectivity index (χ3n) is 4.29. The van der Waals surface area contributed by atoms with Gasteiger partial charge in [-0.25, -0.2) is 4.39 Å². The predicted octanol–water partition coefficient (Wildman–Crippen LogP) is 5.28. The maximum absolute atomic E-state index is 12.9. The quantitative estimate of drug-likeness (QED) is 0.722. The molecule has 1 heterocycles. The van der Waals surface area contributed by atoms with Gasteiger partial charge in [-0.2, -0.15) is 0 Å². The Labute approximate surface area is 146 Å². The molecule has 1 aliphatic heterocycles. The van der Waals surface area contributed by atoms with Crippen molar-refractivity contribution in [2.75, 3.05) is 19.6 Å². The van der Waals surface area contributed by atoms with Gasteiger partial charge >= 0.3 is 0 Å². The third kappa shape index (κ3) is 4.97. The average Bonchev–Trinajstić information content (AvgIpc) is 2.58. The van der Waals surface area contributed by atoms with Crippen molar-refractivity contribution in [1.29, 1.82) is 0 Å². The Bertz CT molecular complexity index is 624. The first-order valence-electron chi connectivity index (χ1n) is 8.09. The van der Waals surface area contributed by atoms with Crippen LogP contribution in [0.15, 0.2) is 53.4 Å². The van der Waals surface area contributed by atoms with Gasteiger partial charge in [-0.1, -0.05) is 35.9 Å². The highest BCUT2D eigenvalue weighted by Crippen LogP contribution is 2.34. The second-order valence-electron chi connectivity index (χ2n) is 5.97. The van der Waals surface area contributed by atoms with E-state index in [2.05, 4.69) is 11.0 Å². The van der Waals surface area contributed by atoms with Crippen molar-refractivity contribution in [3.63, 3.8) is 0 Å². The fourth-order valence-electron chi connectivity index (χ4n) is 2.91. The fraction of sp³-hybridized carbons (Fsp3) is 0.368. The van der Waals surface area contributed by atoms with Crippen LogP contribution < -0.4 is 0 Å². The molecule has 0 radical (unpaired) electrons. The summed E-state index contributed by atoms with van der Waals surface area (Å²) in [5.41, 5.74) is 1.21. The lowest BCUT2D eigenvalue weighted by atomic mass is 10.1. The minimum absolute atomic E-state index is 0.161. The smallest absolute Gasteiger partial charge is 0.123 e. The first kappa shape index (κ1) is 16.8. The van der Waals surface area contributed by atoms with Crippen LogP contribution in [0.1, 0.15) is 18.4 Å². The molecule has 0 aromatic heterocycles. The van der Waals surface area contributed by atoms with Gasteiger partial charge in [0.15, 0.2) is 0 Å². The number of benzene rings is 2. The topological polar surface area (TPSA) is 3.24 Å². The molecule has 4 heteroatoms. The van der Waals surface area contributed by atoms with Crippen LogP contribution in [0.2, 0.25) is 5.02 Å². The largest absolute Gasteiger partial charge is 0.303 e. The van der Waals surface area contributed by atoms with Crippen molar-refractivity contribution in [2.24, 2.45) is 0 Å². The van der Waals surface area contributed by atoms with Gasteiger partial charge in [-0.3, -0.25) is 0 Å². The van der Waals surface area contributed by atoms with E-state index in [0.29, 0.717) is 5.25 Å². The number of halogens is 2. The molecule has 1 fully saturated rings. The molecule has 23 heavy (non-hydrogen) atoms. The monoisotopic (exact) mass is 349 g/mol. The molecule has 2 aromatic carbocycles. The Morgan fingerprint density at radius 1 is 1.04 bits per heavy atom. The van der Waals surface area contributed by atoms with Gasteiger partial charge in [-0.05, 0) is 62.2 Å². The van der Waals surface area contributed by atoms with Gasteiger partial charge in [-0.15, -0.1) is 11.8 Å². The Balaban J connectivity index is 1.43. The number of hydrogen-bond donors (Lipinski definition) is 0. The molecule has 0 unspecified atom stereocenters. The molecule has 0 N–H and O–H groups in total. The summed E-state index contributed by atoms with van der Waals surface area (Å²) in [6.45, 7) is 3.31. The zero-order valence-electron chi connectivity index (χ0n) is 13.1. The SMILES string of the molecule is Fc1ccc(CCN2CCC(Sc3ccccc3Cl)CC2)cc1. The average molecular weight is 350 g/mol. The summed E-state index contributed by atoms with van der Waals surface area (Å²) in [6.07, 6.45) is 3.38. The van der Waals surface area contributed by atoms with Crippen LogP contribution in [0.5, 0.6) is 0 Å². The first-order valence-corrected chi connectivity index (χ1v) is 9.34. The molecule has 0 aliphatic carbocycles. The van der Waals surface area contributed by atoms with Crippen LogP contribution in [-0.4, -0.2) is 29.8 Å². The number of rotatable bonds is 5. The van der Waals surface area contributed by atoms with E-state index < -0.39 is 0 Å². The second kappa shape index (κ2) is 8.18. The molecule has 0 bridgehead atoms. The van der Waals surface area contributed by atoms with E-state index in [1.807, 2.05) is 42.1 Å². The molecule has 3 rings (SSSR count). The lowest BCUT2D eigenvalue weighted by Gasteiger charge is -2.31. The number of thioether (sulfide) groups is 1. The van der Waals surface area contributed by atoms with E-state index in [4.69, 9.17) is 11.6 Å². The number of hydrogen-bond acceptors (Lipinski definition) is 2. The molecule has 2 aromatic rings. The summed E-state index contributed by atoms with van der Waals surface area (Å²) < 4.78 is 12.9. The minimum Gasteiger partial charge on any atom is -0.303 e. The number of piperidine rings is 1. The zero-order valence-corrected chi connectivity index (χ0v) is 14.6. The summed E-state index contributed by atoms with van der Waals surface area (Å²) in [7, 11) is 0. The lowest BCUT2D eigenvalue weighted by Crippen LogP contribution is -2.36. The maximum atomic E-state index is 12.9. The van der Waals surface area contributed by atoms with E-state index in [1.54, 1.807) is 12.1 Å². The van der Waals surface area contributed by atoms with E-state index >= 15 is 0 Å². The van der Waals surface area contributed by atoms with Gasteiger partial charge in [0.1, 0.15) is 5.82 Å². The van der Waals surface area contributed by atoms with Gasteiger partial charge in [0.25, 0.3) is 0 Å². The highest BCUT2D eigenvalue weighted by molar-refractivity contribution is 8.00. The summed E-state index contributed by atoms with van der Waals surface area (Å²) in [5, 5.41) is 1.51. The van der Waals surface area contributed by atoms with Crippen LogP contribution in [0.25, 0.3) is 0 Å². The Kier molecular flexibility index (Phi) is 5.98. The molecular formula is C19H21ClFNS. The normalized spacial score (nSPS) is 16.6. The molecule has 0 amide bonds. The van der Waals surface area contributed by atoms with Crippen molar-refractivity contribution in [3.8, 4) is 0 Å². The van der Waals surface area contributed by atoms with E-state index in [-0.39, 0.29) is 5.82 Å². The maximum Gasteiger partial charge on any atom is 0.123 e. The highest BCUT2D eigenvalue weighted by Gasteiger charge is 2.20. The molecule has 122 valence electrons.